The van der Waals surface area contributed by atoms with Gasteiger partial charge in [0, 0.05) is 20.2 Å². The van der Waals surface area contributed by atoms with Crippen molar-refractivity contribution in [3.63, 3.8) is 0 Å². The normalized spacial score (nSPS) is 12.6. The van der Waals surface area contributed by atoms with Crippen LogP contribution in [0.4, 0.5) is 0 Å². The average Bonchev–Trinajstić information content (AvgIpc) is 3.38. The second kappa shape index (κ2) is 8.20. The van der Waals surface area contributed by atoms with E-state index in [1.807, 2.05) is 12.1 Å². The van der Waals surface area contributed by atoms with Crippen LogP contribution in [0, 0.1) is 0 Å². The van der Waals surface area contributed by atoms with Crippen molar-refractivity contribution in [2.45, 2.75) is 9.79 Å². The molecule has 2 N–H and O–H groups in total. The van der Waals surface area contributed by atoms with Gasteiger partial charge in [0.2, 0.25) is 0 Å². The molecule has 0 aliphatic rings. The number of thiophene rings is 2. The Morgan fingerprint density at radius 3 is 1.14 bits per heavy atom. The molecular formula is C26H16O6S4. The fourth-order valence-electron chi connectivity index (χ4n) is 4.25. The van der Waals surface area contributed by atoms with Crippen molar-refractivity contribution < 1.29 is 25.9 Å². The fraction of sp³-hybridized carbons (Fsp3) is 0. The SMILES string of the molecule is O=S(=O)(O)c1ccc(-c2ccc3c(c2)sc2c4ccc(-c5ccc(S(=O)(=O)O)cc5)cc4sc32)cc1. The summed E-state index contributed by atoms with van der Waals surface area (Å²) in [6.45, 7) is 0. The van der Waals surface area contributed by atoms with Gasteiger partial charge in [-0.2, -0.15) is 16.8 Å². The topological polar surface area (TPSA) is 109 Å². The lowest BCUT2D eigenvalue weighted by atomic mass is 10.0. The molecule has 0 atom stereocenters. The summed E-state index contributed by atoms with van der Waals surface area (Å²) in [7, 11) is -8.45. The van der Waals surface area contributed by atoms with Crippen LogP contribution in [0.15, 0.2) is 94.7 Å². The van der Waals surface area contributed by atoms with E-state index in [-0.39, 0.29) is 9.79 Å². The molecule has 0 unspecified atom stereocenters. The van der Waals surface area contributed by atoms with Crippen LogP contribution in [0.1, 0.15) is 0 Å². The second-order valence-corrected chi connectivity index (χ2v) is 13.2. The highest BCUT2D eigenvalue weighted by atomic mass is 32.2. The molecule has 2 heterocycles. The molecule has 36 heavy (non-hydrogen) atoms. The van der Waals surface area contributed by atoms with Gasteiger partial charge in [0.05, 0.1) is 19.2 Å². The van der Waals surface area contributed by atoms with Gasteiger partial charge in [-0.1, -0.05) is 48.5 Å². The Kier molecular flexibility index (Phi) is 5.31. The highest BCUT2D eigenvalue weighted by molar-refractivity contribution is 7.86. The smallest absolute Gasteiger partial charge is 0.282 e. The molecule has 0 aliphatic heterocycles. The molecule has 0 radical (unpaired) electrons. The van der Waals surface area contributed by atoms with Crippen molar-refractivity contribution in [2.75, 3.05) is 0 Å². The van der Waals surface area contributed by atoms with Gasteiger partial charge in [-0.05, 0) is 58.7 Å². The van der Waals surface area contributed by atoms with Gasteiger partial charge in [-0.25, -0.2) is 0 Å². The minimum absolute atomic E-state index is 0.135. The molecule has 4 aromatic carbocycles. The van der Waals surface area contributed by atoms with Crippen LogP contribution in [0.25, 0.3) is 51.8 Å². The zero-order chi connectivity index (χ0) is 25.2. The van der Waals surface area contributed by atoms with Crippen LogP contribution in [0.2, 0.25) is 0 Å². The van der Waals surface area contributed by atoms with Crippen molar-refractivity contribution in [2.24, 2.45) is 0 Å². The van der Waals surface area contributed by atoms with Gasteiger partial charge in [-0.15, -0.1) is 22.7 Å². The van der Waals surface area contributed by atoms with Gasteiger partial charge in [0.15, 0.2) is 0 Å². The van der Waals surface area contributed by atoms with Crippen molar-refractivity contribution in [1.29, 1.82) is 0 Å². The summed E-state index contributed by atoms with van der Waals surface area (Å²) in [5.41, 5.74) is 3.63. The first-order chi connectivity index (χ1) is 17.1. The molecule has 180 valence electrons. The highest BCUT2D eigenvalue weighted by Gasteiger charge is 2.15. The van der Waals surface area contributed by atoms with Gasteiger partial charge < -0.3 is 0 Å². The minimum Gasteiger partial charge on any atom is -0.282 e. The van der Waals surface area contributed by atoms with E-state index >= 15 is 0 Å². The first-order valence-corrected chi connectivity index (χ1v) is 15.1. The van der Waals surface area contributed by atoms with E-state index in [0.717, 1.165) is 42.4 Å². The molecule has 10 heteroatoms. The Morgan fingerprint density at radius 2 is 0.806 bits per heavy atom. The van der Waals surface area contributed by atoms with Crippen LogP contribution in [-0.4, -0.2) is 25.9 Å². The third-order valence-corrected chi connectivity index (χ3v) is 10.3. The number of rotatable bonds is 4. The summed E-state index contributed by atoms with van der Waals surface area (Å²) in [5.74, 6) is 0. The number of benzene rings is 4. The molecule has 0 spiro atoms. The second-order valence-electron chi connectivity index (χ2n) is 8.28. The van der Waals surface area contributed by atoms with Crippen molar-refractivity contribution in [1.82, 2.24) is 0 Å². The molecule has 0 saturated carbocycles. The van der Waals surface area contributed by atoms with E-state index in [9.17, 15) is 25.9 Å². The molecule has 6 rings (SSSR count). The third kappa shape index (κ3) is 4.01. The Bertz CT molecular complexity index is 1870. The maximum atomic E-state index is 11.3. The van der Waals surface area contributed by atoms with E-state index in [0.29, 0.717) is 0 Å². The Labute approximate surface area is 214 Å². The Hall–Kier alpha value is -3.12. The monoisotopic (exact) mass is 552 g/mol. The van der Waals surface area contributed by atoms with E-state index in [1.54, 1.807) is 46.9 Å². The average molecular weight is 553 g/mol. The zero-order valence-corrected chi connectivity index (χ0v) is 21.5. The van der Waals surface area contributed by atoms with Crippen molar-refractivity contribution >= 4 is 72.5 Å². The van der Waals surface area contributed by atoms with Crippen molar-refractivity contribution in [3.05, 3.63) is 84.9 Å². The van der Waals surface area contributed by atoms with Crippen LogP contribution >= 0.6 is 22.7 Å². The Morgan fingerprint density at radius 1 is 0.472 bits per heavy atom. The number of fused-ring (bicyclic) bond motifs is 5. The van der Waals surface area contributed by atoms with Crippen LogP contribution in [-0.2, 0) is 20.2 Å². The molecule has 2 aromatic heterocycles. The summed E-state index contributed by atoms with van der Waals surface area (Å²) < 4.78 is 68.3. The van der Waals surface area contributed by atoms with Crippen LogP contribution < -0.4 is 0 Å². The quantitative estimate of drug-likeness (QED) is 0.226. The van der Waals surface area contributed by atoms with E-state index < -0.39 is 20.2 Å². The van der Waals surface area contributed by atoms with Gasteiger partial charge in [0.1, 0.15) is 0 Å². The lowest BCUT2D eigenvalue weighted by molar-refractivity contribution is 0.481. The molecular weight excluding hydrogens is 537 g/mol. The lowest BCUT2D eigenvalue weighted by Crippen LogP contribution is -1.97. The molecule has 0 bridgehead atoms. The first kappa shape index (κ1) is 23.3. The van der Waals surface area contributed by atoms with Crippen LogP contribution in [0.3, 0.4) is 0 Å². The number of hydrogen-bond acceptors (Lipinski definition) is 6. The minimum atomic E-state index is -4.23. The molecule has 0 saturated heterocycles. The summed E-state index contributed by atoms with van der Waals surface area (Å²) in [5, 5.41) is 2.29. The summed E-state index contributed by atoms with van der Waals surface area (Å²) in [6, 6.07) is 24.6. The van der Waals surface area contributed by atoms with Crippen LogP contribution in [0.5, 0.6) is 0 Å². The maximum Gasteiger partial charge on any atom is 0.294 e. The van der Waals surface area contributed by atoms with Crippen molar-refractivity contribution in [3.8, 4) is 22.3 Å². The standard InChI is InChI=1S/C26H16O6S4/c27-35(28,29)19-7-1-15(2-8-19)17-5-11-21-23(13-17)33-26-22-12-6-18(14-24(22)34-25(21)26)16-3-9-20(10-4-16)36(30,31)32/h1-14H,(H,27,28,29)(H,30,31,32). The van der Waals surface area contributed by atoms with Gasteiger partial charge >= 0.3 is 0 Å². The molecule has 0 amide bonds. The lowest BCUT2D eigenvalue weighted by Gasteiger charge is -2.04. The van der Waals surface area contributed by atoms with E-state index in [2.05, 4.69) is 24.3 Å². The molecule has 0 aliphatic carbocycles. The Balaban J connectivity index is 1.39. The van der Waals surface area contributed by atoms with Gasteiger partial charge in [-0.3, -0.25) is 9.11 Å². The molecule has 0 fully saturated rings. The summed E-state index contributed by atoms with van der Waals surface area (Å²) >= 11 is 3.40. The summed E-state index contributed by atoms with van der Waals surface area (Å²) in [4.78, 5) is -0.270. The molecule has 6 nitrogen and oxygen atoms in total. The molecule has 6 aromatic rings. The third-order valence-electron chi connectivity index (χ3n) is 6.05. The van der Waals surface area contributed by atoms with E-state index in [1.165, 1.54) is 33.7 Å². The number of hydrogen-bond donors (Lipinski definition) is 2. The highest BCUT2D eigenvalue weighted by Crippen LogP contribution is 2.46. The maximum absolute atomic E-state index is 11.3. The predicted molar refractivity (Wildman–Crippen MR) is 145 cm³/mol. The fourth-order valence-corrected chi connectivity index (χ4v) is 7.95. The summed E-state index contributed by atoms with van der Waals surface area (Å²) in [6.07, 6.45) is 0. The first-order valence-electron chi connectivity index (χ1n) is 10.6. The van der Waals surface area contributed by atoms with E-state index in [4.69, 9.17) is 0 Å². The predicted octanol–water partition coefficient (Wildman–Crippen LogP) is 7.10. The van der Waals surface area contributed by atoms with Gasteiger partial charge in [0.25, 0.3) is 20.2 Å². The zero-order valence-electron chi connectivity index (χ0n) is 18.2. The largest absolute Gasteiger partial charge is 0.294 e.